The average molecular weight is 336 g/mol. The Kier molecular flexibility index (Phi) is 4.56. The Balaban J connectivity index is 1.82. The third-order valence-electron chi connectivity index (χ3n) is 3.58. The lowest BCUT2D eigenvalue weighted by atomic mass is 10.1. The molecule has 7 nitrogen and oxygen atoms in total. The lowest BCUT2D eigenvalue weighted by molar-refractivity contribution is -0.120. The average Bonchev–Trinajstić information content (AvgIpc) is 3.10. The van der Waals surface area contributed by atoms with Crippen LogP contribution in [-0.4, -0.2) is 22.0 Å². The summed E-state index contributed by atoms with van der Waals surface area (Å²) in [6, 6.07) is 14.8. The van der Waals surface area contributed by atoms with Crippen LogP contribution in [0.15, 0.2) is 59.0 Å². The summed E-state index contributed by atoms with van der Waals surface area (Å²) in [6.45, 7) is 1.91. The van der Waals surface area contributed by atoms with Crippen LogP contribution >= 0.6 is 0 Å². The van der Waals surface area contributed by atoms with Gasteiger partial charge in [-0.2, -0.15) is 0 Å². The first-order valence-corrected chi connectivity index (χ1v) is 7.60. The molecule has 0 spiro atoms. The second-order valence-corrected chi connectivity index (χ2v) is 5.49. The Morgan fingerprint density at radius 1 is 1.04 bits per heavy atom. The highest BCUT2D eigenvalue weighted by Crippen LogP contribution is 2.20. The molecular weight excluding hydrogens is 320 g/mol. The highest BCUT2D eigenvalue weighted by Gasteiger charge is 2.27. The van der Waals surface area contributed by atoms with Crippen molar-refractivity contribution in [2.45, 2.75) is 13.0 Å². The molecule has 0 fully saturated rings. The fourth-order valence-electron chi connectivity index (χ4n) is 2.22. The summed E-state index contributed by atoms with van der Waals surface area (Å²) in [6.07, 6.45) is 0. The van der Waals surface area contributed by atoms with Crippen molar-refractivity contribution >= 4 is 11.8 Å². The quantitative estimate of drug-likeness (QED) is 0.740. The normalized spacial score (nSPS) is 11.7. The number of nitrogens with one attached hydrogen (secondary N) is 1. The fraction of sp³-hybridized carbons (Fsp3) is 0.111. The van der Waals surface area contributed by atoms with Crippen LogP contribution in [0.1, 0.15) is 27.9 Å². The van der Waals surface area contributed by atoms with Crippen molar-refractivity contribution in [1.82, 2.24) is 15.5 Å². The molecule has 3 rings (SSSR count). The van der Waals surface area contributed by atoms with Crippen molar-refractivity contribution < 1.29 is 14.0 Å². The van der Waals surface area contributed by atoms with E-state index in [0.717, 1.165) is 5.56 Å². The molecule has 1 aromatic heterocycles. The number of hydrogen-bond acceptors (Lipinski definition) is 5. The van der Waals surface area contributed by atoms with Gasteiger partial charge in [-0.05, 0) is 31.2 Å². The zero-order valence-electron chi connectivity index (χ0n) is 13.5. The molecule has 25 heavy (non-hydrogen) atoms. The molecule has 0 radical (unpaired) electrons. The van der Waals surface area contributed by atoms with Crippen molar-refractivity contribution in [3.8, 4) is 11.5 Å². The van der Waals surface area contributed by atoms with Gasteiger partial charge in [-0.25, -0.2) is 0 Å². The van der Waals surface area contributed by atoms with Crippen molar-refractivity contribution in [2.75, 3.05) is 0 Å². The van der Waals surface area contributed by atoms with Crippen LogP contribution in [0.2, 0.25) is 0 Å². The van der Waals surface area contributed by atoms with E-state index in [1.165, 1.54) is 0 Å². The largest absolute Gasteiger partial charge is 0.418 e. The van der Waals surface area contributed by atoms with Gasteiger partial charge >= 0.3 is 0 Å². The number of nitrogens with zero attached hydrogens (tertiary/aromatic N) is 2. The second-order valence-electron chi connectivity index (χ2n) is 5.49. The Hall–Kier alpha value is -3.48. The van der Waals surface area contributed by atoms with E-state index >= 15 is 0 Å². The van der Waals surface area contributed by atoms with Crippen LogP contribution in [0, 0.1) is 6.92 Å². The van der Waals surface area contributed by atoms with Gasteiger partial charge in [0.25, 0.3) is 5.91 Å². The predicted octanol–water partition coefficient (Wildman–Crippen LogP) is 2.00. The number of hydrogen-bond donors (Lipinski definition) is 2. The molecule has 0 aliphatic heterocycles. The summed E-state index contributed by atoms with van der Waals surface area (Å²) < 4.78 is 5.51. The van der Waals surface area contributed by atoms with Crippen LogP contribution in [-0.2, 0) is 4.79 Å². The fourth-order valence-corrected chi connectivity index (χ4v) is 2.22. The third-order valence-corrected chi connectivity index (χ3v) is 3.58. The van der Waals surface area contributed by atoms with Crippen LogP contribution < -0.4 is 11.1 Å². The molecule has 3 N–H and O–H groups in total. The van der Waals surface area contributed by atoms with E-state index < -0.39 is 17.9 Å². The van der Waals surface area contributed by atoms with Crippen LogP contribution in [0.4, 0.5) is 0 Å². The van der Waals surface area contributed by atoms with E-state index in [-0.39, 0.29) is 11.8 Å². The maximum atomic E-state index is 12.3. The Morgan fingerprint density at radius 3 is 2.36 bits per heavy atom. The van der Waals surface area contributed by atoms with Crippen molar-refractivity contribution in [1.29, 1.82) is 0 Å². The number of nitrogens with two attached hydrogens (primary N) is 1. The van der Waals surface area contributed by atoms with Gasteiger partial charge in [-0.15, -0.1) is 10.2 Å². The first-order chi connectivity index (χ1) is 12.0. The van der Waals surface area contributed by atoms with Gasteiger partial charge in [0.1, 0.15) is 0 Å². The number of amides is 2. The zero-order valence-corrected chi connectivity index (χ0v) is 13.5. The molecule has 0 saturated heterocycles. The van der Waals surface area contributed by atoms with Gasteiger partial charge in [0.2, 0.25) is 17.7 Å². The Labute approximate surface area is 143 Å². The number of carbonyl (C=O) groups is 2. The predicted molar refractivity (Wildman–Crippen MR) is 90.3 cm³/mol. The minimum Gasteiger partial charge on any atom is -0.418 e. The number of aromatic nitrogens is 2. The minimum atomic E-state index is -1.21. The number of rotatable bonds is 5. The van der Waals surface area contributed by atoms with Gasteiger partial charge in [0.15, 0.2) is 6.04 Å². The molecule has 0 bridgehead atoms. The standard InChI is InChI=1S/C18H16N4O3/c1-11-7-9-12(10-8-11)16(24)20-14(15(19)23)18-22-21-17(25-18)13-5-3-2-4-6-13/h2-10,14H,1H3,(H2,19,23)(H,20,24)/t14-/m0/s1. The van der Waals surface area contributed by atoms with E-state index in [4.69, 9.17) is 10.2 Å². The molecule has 2 amide bonds. The summed E-state index contributed by atoms with van der Waals surface area (Å²) in [4.78, 5) is 24.1. The summed E-state index contributed by atoms with van der Waals surface area (Å²) in [7, 11) is 0. The first-order valence-electron chi connectivity index (χ1n) is 7.60. The molecule has 2 aromatic carbocycles. The second kappa shape index (κ2) is 6.96. The van der Waals surface area contributed by atoms with Gasteiger partial charge < -0.3 is 15.5 Å². The molecule has 7 heteroatoms. The Bertz CT molecular complexity index is 888. The van der Waals surface area contributed by atoms with Crippen molar-refractivity contribution in [3.63, 3.8) is 0 Å². The lowest BCUT2D eigenvalue weighted by Crippen LogP contribution is -2.37. The molecule has 1 atom stereocenters. The van der Waals surface area contributed by atoms with E-state index in [9.17, 15) is 9.59 Å². The maximum absolute atomic E-state index is 12.3. The van der Waals surface area contributed by atoms with Gasteiger partial charge in [-0.1, -0.05) is 35.9 Å². The molecule has 0 aliphatic rings. The van der Waals surface area contributed by atoms with E-state index in [0.29, 0.717) is 11.1 Å². The SMILES string of the molecule is Cc1ccc(C(=O)N[C@@H](C(N)=O)c2nnc(-c3ccccc3)o2)cc1. The number of primary amides is 1. The van der Waals surface area contributed by atoms with Gasteiger partial charge in [0, 0.05) is 11.1 Å². The summed E-state index contributed by atoms with van der Waals surface area (Å²) in [5.74, 6) is -1.06. The molecule has 3 aromatic rings. The summed E-state index contributed by atoms with van der Waals surface area (Å²) in [5.41, 5.74) is 7.51. The van der Waals surface area contributed by atoms with Gasteiger partial charge in [0.05, 0.1) is 0 Å². The zero-order chi connectivity index (χ0) is 17.8. The van der Waals surface area contributed by atoms with Crippen LogP contribution in [0.25, 0.3) is 11.5 Å². The van der Waals surface area contributed by atoms with E-state index in [1.54, 1.807) is 36.4 Å². The smallest absolute Gasteiger partial charge is 0.252 e. The first kappa shape index (κ1) is 16.4. The number of benzene rings is 2. The van der Waals surface area contributed by atoms with Crippen LogP contribution in [0.3, 0.4) is 0 Å². The highest BCUT2D eigenvalue weighted by molar-refractivity contribution is 5.97. The summed E-state index contributed by atoms with van der Waals surface area (Å²) in [5, 5.41) is 10.3. The van der Waals surface area contributed by atoms with Crippen molar-refractivity contribution in [2.24, 2.45) is 5.73 Å². The van der Waals surface area contributed by atoms with Crippen LogP contribution in [0.5, 0.6) is 0 Å². The number of carbonyl (C=O) groups excluding carboxylic acids is 2. The Morgan fingerprint density at radius 2 is 1.72 bits per heavy atom. The minimum absolute atomic E-state index is 0.0631. The molecule has 0 aliphatic carbocycles. The lowest BCUT2D eigenvalue weighted by Gasteiger charge is -2.11. The maximum Gasteiger partial charge on any atom is 0.252 e. The monoisotopic (exact) mass is 336 g/mol. The highest BCUT2D eigenvalue weighted by atomic mass is 16.4. The number of aryl methyl sites for hydroxylation is 1. The molecular formula is C18H16N4O3. The molecule has 0 saturated carbocycles. The van der Waals surface area contributed by atoms with Crippen molar-refractivity contribution in [3.05, 3.63) is 71.6 Å². The van der Waals surface area contributed by atoms with Gasteiger partial charge in [-0.3, -0.25) is 9.59 Å². The van der Waals surface area contributed by atoms with E-state index in [1.807, 2.05) is 25.1 Å². The molecule has 126 valence electrons. The molecule has 1 heterocycles. The topological polar surface area (TPSA) is 111 Å². The summed E-state index contributed by atoms with van der Waals surface area (Å²) >= 11 is 0. The third kappa shape index (κ3) is 3.72. The molecule has 0 unspecified atom stereocenters. The van der Waals surface area contributed by atoms with E-state index in [2.05, 4.69) is 15.5 Å².